The van der Waals surface area contributed by atoms with Crippen LogP contribution in [0.2, 0.25) is 0 Å². The number of ether oxygens (including phenoxy) is 1. The van der Waals surface area contributed by atoms with E-state index >= 15 is 0 Å². The average Bonchev–Trinajstić information content (AvgIpc) is 1.85. The van der Waals surface area contributed by atoms with Crippen LogP contribution in [0.25, 0.3) is 0 Å². The van der Waals surface area contributed by atoms with Crippen LogP contribution in [0.3, 0.4) is 0 Å². The van der Waals surface area contributed by atoms with Crippen molar-refractivity contribution in [1.29, 1.82) is 0 Å². The van der Waals surface area contributed by atoms with E-state index in [2.05, 4.69) is 0 Å². The summed E-state index contributed by atoms with van der Waals surface area (Å²) in [6.07, 6.45) is 0. The standard InChI is InChI=1S/C8H15NO2/c1-6-4-11-5-7(2)9(6)8(3)10/h6-7H,4-5H2,1-3H3/t6-,7+. The molecular weight excluding hydrogens is 142 g/mol. The Balaban J connectivity index is 2.62. The Morgan fingerprint density at radius 3 is 2.09 bits per heavy atom. The smallest absolute Gasteiger partial charge is 0.220 e. The quantitative estimate of drug-likeness (QED) is 0.516. The third-order valence-electron chi connectivity index (χ3n) is 2.03. The van der Waals surface area contributed by atoms with Crippen molar-refractivity contribution >= 4 is 5.91 Å². The van der Waals surface area contributed by atoms with E-state index in [1.807, 2.05) is 18.7 Å². The van der Waals surface area contributed by atoms with Gasteiger partial charge in [-0.15, -0.1) is 0 Å². The molecule has 1 fully saturated rings. The van der Waals surface area contributed by atoms with Gasteiger partial charge in [0.2, 0.25) is 5.91 Å². The van der Waals surface area contributed by atoms with E-state index in [4.69, 9.17) is 4.74 Å². The maximum Gasteiger partial charge on any atom is 0.220 e. The zero-order chi connectivity index (χ0) is 8.43. The molecule has 0 aromatic carbocycles. The number of carbonyl (C=O) groups is 1. The van der Waals surface area contributed by atoms with E-state index < -0.39 is 0 Å². The SMILES string of the molecule is CC(=O)N1[C@H](C)COC[C@@H]1C. The molecule has 1 amide bonds. The molecule has 1 rings (SSSR count). The molecule has 1 aliphatic heterocycles. The number of hydrogen-bond acceptors (Lipinski definition) is 2. The van der Waals surface area contributed by atoms with Crippen LogP contribution in [0, 0.1) is 0 Å². The molecule has 0 unspecified atom stereocenters. The van der Waals surface area contributed by atoms with Gasteiger partial charge in [0.15, 0.2) is 0 Å². The average molecular weight is 157 g/mol. The first-order chi connectivity index (χ1) is 5.13. The fourth-order valence-corrected chi connectivity index (χ4v) is 1.62. The number of hydrogen-bond donors (Lipinski definition) is 0. The minimum absolute atomic E-state index is 0.147. The van der Waals surface area contributed by atoms with Crippen molar-refractivity contribution < 1.29 is 9.53 Å². The van der Waals surface area contributed by atoms with Gasteiger partial charge in [0.05, 0.1) is 25.3 Å². The number of carbonyl (C=O) groups excluding carboxylic acids is 1. The molecule has 2 atom stereocenters. The highest BCUT2D eigenvalue weighted by molar-refractivity contribution is 5.74. The summed E-state index contributed by atoms with van der Waals surface area (Å²) in [5, 5.41) is 0. The second kappa shape index (κ2) is 3.22. The molecule has 0 aromatic heterocycles. The van der Waals surface area contributed by atoms with Gasteiger partial charge in [-0.05, 0) is 13.8 Å². The number of rotatable bonds is 0. The Morgan fingerprint density at radius 1 is 1.36 bits per heavy atom. The molecule has 0 N–H and O–H groups in total. The van der Waals surface area contributed by atoms with Crippen LogP contribution >= 0.6 is 0 Å². The summed E-state index contributed by atoms with van der Waals surface area (Å²) in [7, 11) is 0. The van der Waals surface area contributed by atoms with Crippen LogP contribution in [-0.2, 0) is 9.53 Å². The molecule has 0 spiro atoms. The van der Waals surface area contributed by atoms with Crippen LogP contribution in [-0.4, -0.2) is 36.1 Å². The first-order valence-electron chi connectivity index (χ1n) is 3.99. The lowest BCUT2D eigenvalue weighted by molar-refractivity contribution is -0.141. The predicted octanol–water partition coefficient (Wildman–Crippen LogP) is 0.642. The fourth-order valence-electron chi connectivity index (χ4n) is 1.62. The van der Waals surface area contributed by atoms with Gasteiger partial charge in [-0.2, -0.15) is 0 Å². The van der Waals surface area contributed by atoms with Gasteiger partial charge in [0.25, 0.3) is 0 Å². The van der Waals surface area contributed by atoms with Crippen molar-refractivity contribution in [2.45, 2.75) is 32.9 Å². The molecule has 1 aliphatic rings. The number of nitrogens with zero attached hydrogens (tertiary/aromatic N) is 1. The van der Waals surface area contributed by atoms with Gasteiger partial charge in [0.1, 0.15) is 0 Å². The summed E-state index contributed by atoms with van der Waals surface area (Å²) in [4.78, 5) is 13.0. The zero-order valence-corrected chi connectivity index (χ0v) is 7.33. The van der Waals surface area contributed by atoms with Crippen LogP contribution in [0.15, 0.2) is 0 Å². The second-order valence-corrected chi connectivity index (χ2v) is 3.16. The number of morpholine rings is 1. The molecule has 0 aromatic rings. The summed E-state index contributed by atoms with van der Waals surface area (Å²) in [6.45, 7) is 6.97. The van der Waals surface area contributed by atoms with Crippen molar-refractivity contribution in [3.05, 3.63) is 0 Å². The maximum atomic E-state index is 11.1. The van der Waals surface area contributed by atoms with Gasteiger partial charge in [-0.3, -0.25) is 4.79 Å². The fraction of sp³-hybridized carbons (Fsp3) is 0.875. The third-order valence-corrected chi connectivity index (χ3v) is 2.03. The molecule has 1 saturated heterocycles. The van der Waals surface area contributed by atoms with E-state index in [-0.39, 0.29) is 18.0 Å². The van der Waals surface area contributed by atoms with Gasteiger partial charge in [-0.25, -0.2) is 0 Å². The highest BCUT2D eigenvalue weighted by Crippen LogP contribution is 2.12. The molecule has 0 radical (unpaired) electrons. The Bertz CT molecular complexity index is 148. The molecular formula is C8H15NO2. The van der Waals surface area contributed by atoms with Crippen molar-refractivity contribution in [3.63, 3.8) is 0 Å². The van der Waals surface area contributed by atoms with E-state index in [0.717, 1.165) is 0 Å². The van der Waals surface area contributed by atoms with Crippen LogP contribution in [0.5, 0.6) is 0 Å². The molecule has 0 bridgehead atoms. The highest BCUT2D eigenvalue weighted by Gasteiger charge is 2.26. The lowest BCUT2D eigenvalue weighted by Gasteiger charge is -2.38. The second-order valence-electron chi connectivity index (χ2n) is 3.16. The lowest BCUT2D eigenvalue weighted by Crippen LogP contribution is -2.51. The summed E-state index contributed by atoms with van der Waals surface area (Å²) < 4.78 is 5.28. The minimum atomic E-state index is 0.147. The maximum absolute atomic E-state index is 11.1. The Labute approximate surface area is 67.3 Å². The molecule has 0 aliphatic carbocycles. The van der Waals surface area contributed by atoms with E-state index in [1.54, 1.807) is 6.92 Å². The lowest BCUT2D eigenvalue weighted by atomic mass is 10.2. The Hall–Kier alpha value is -0.570. The Morgan fingerprint density at radius 2 is 1.82 bits per heavy atom. The molecule has 0 saturated carbocycles. The molecule has 64 valence electrons. The van der Waals surface area contributed by atoms with Crippen LogP contribution < -0.4 is 0 Å². The largest absolute Gasteiger partial charge is 0.377 e. The van der Waals surface area contributed by atoms with Gasteiger partial charge >= 0.3 is 0 Å². The summed E-state index contributed by atoms with van der Waals surface area (Å²) in [5.41, 5.74) is 0. The molecule has 1 heterocycles. The third kappa shape index (κ3) is 1.71. The van der Waals surface area contributed by atoms with Crippen molar-refractivity contribution in [3.8, 4) is 0 Å². The molecule has 3 heteroatoms. The van der Waals surface area contributed by atoms with Gasteiger partial charge in [-0.1, -0.05) is 0 Å². The normalized spacial score (nSPS) is 32.1. The first-order valence-corrected chi connectivity index (χ1v) is 3.99. The van der Waals surface area contributed by atoms with Gasteiger partial charge < -0.3 is 9.64 Å². The van der Waals surface area contributed by atoms with Crippen molar-refractivity contribution in [2.75, 3.05) is 13.2 Å². The van der Waals surface area contributed by atoms with E-state index in [0.29, 0.717) is 13.2 Å². The monoisotopic (exact) mass is 157 g/mol. The summed E-state index contributed by atoms with van der Waals surface area (Å²) in [5.74, 6) is 0.147. The molecule has 11 heavy (non-hydrogen) atoms. The Kier molecular flexibility index (Phi) is 2.49. The van der Waals surface area contributed by atoms with E-state index in [1.165, 1.54) is 0 Å². The van der Waals surface area contributed by atoms with Crippen LogP contribution in [0.4, 0.5) is 0 Å². The number of amides is 1. The first kappa shape index (κ1) is 8.53. The van der Waals surface area contributed by atoms with Gasteiger partial charge in [0, 0.05) is 6.92 Å². The summed E-state index contributed by atoms with van der Waals surface area (Å²) >= 11 is 0. The predicted molar refractivity (Wildman–Crippen MR) is 42.3 cm³/mol. The summed E-state index contributed by atoms with van der Waals surface area (Å²) in [6, 6.07) is 0.465. The van der Waals surface area contributed by atoms with E-state index in [9.17, 15) is 4.79 Å². The highest BCUT2D eigenvalue weighted by atomic mass is 16.5. The van der Waals surface area contributed by atoms with Crippen LogP contribution in [0.1, 0.15) is 20.8 Å². The zero-order valence-electron chi connectivity index (χ0n) is 7.33. The van der Waals surface area contributed by atoms with Crippen molar-refractivity contribution in [2.24, 2.45) is 0 Å². The topological polar surface area (TPSA) is 29.5 Å². The molecule has 3 nitrogen and oxygen atoms in total. The van der Waals surface area contributed by atoms with Crippen molar-refractivity contribution in [1.82, 2.24) is 4.90 Å². The minimum Gasteiger partial charge on any atom is -0.377 e.